The average Bonchev–Trinajstić information content (AvgIpc) is 2.45. The van der Waals surface area contributed by atoms with E-state index in [1.807, 2.05) is 6.26 Å². The molecule has 0 aliphatic carbocycles. The molecular weight excluding hydrogens is 306 g/mol. The molecule has 0 aromatic rings. The second-order valence-electron chi connectivity index (χ2n) is 5.89. The van der Waals surface area contributed by atoms with Gasteiger partial charge in [-0.1, -0.05) is 86.8 Å². The van der Waals surface area contributed by atoms with Gasteiger partial charge in [-0.25, -0.2) is 8.78 Å². The molecule has 0 aliphatic heterocycles. The molecule has 0 amide bonds. The maximum atomic E-state index is 12.8. The molecule has 0 aromatic heterocycles. The molecule has 0 radical (unpaired) electrons. The van der Waals surface area contributed by atoms with Crippen molar-refractivity contribution in [2.24, 2.45) is 5.92 Å². The van der Waals surface area contributed by atoms with Crippen LogP contribution >= 0.6 is 21.6 Å². The predicted molar refractivity (Wildman–Crippen MR) is 96.5 cm³/mol. The lowest BCUT2D eigenvalue weighted by atomic mass is 9.90. The third kappa shape index (κ3) is 12.8. The SMILES string of the molecule is CCCCCCC(CCCCCC)[C@@H](CC(F)F)SSC. The van der Waals surface area contributed by atoms with Gasteiger partial charge in [0, 0.05) is 11.7 Å². The average molecular weight is 341 g/mol. The summed E-state index contributed by atoms with van der Waals surface area (Å²) in [5.41, 5.74) is 0. The van der Waals surface area contributed by atoms with Gasteiger partial charge in [-0.2, -0.15) is 0 Å². The highest BCUT2D eigenvalue weighted by atomic mass is 33.1. The van der Waals surface area contributed by atoms with Crippen LogP contribution in [0, 0.1) is 5.92 Å². The monoisotopic (exact) mass is 340 g/mol. The zero-order valence-electron chi connectivity index (χ0n) is 14.1. The van der Waals surface area contributed by atoms with E-state index < -0.39 is 6.43 Å². The lowest BCUT2D eigenvalue weighted by molar-refractivity contribution is 0.128. The summed E-state index contributed by atoms with van der Waals surface area (Å²) < 4.78 is 25.7. The van der Waals surface area contributed by atoms with Gasteiger partial charge in [0.25, 0.3) is 0 Å². The molecule has 0 N–H and O–H groups in total. The fourth-order valence-corrected chi connectivity index (χ4v) is 5.14. The number of hydrogen-bond acceptors (Lipinski definition) is 2. The van der Waals surface area contributed by atoms with Gasteiger partial charge in [0.05, 0.1) is 0 Å². The number of unbranched alkanes of at least 4 members (excludes halogenated alkanes) is 6. The highest BCUT2D eigenvalue weighted by Gasteiger charge is 2.24. The molecule has 4 heteroatoms. The van der Waals surface area contributed by atoms with Crippen LogP contribution in [0.3, 0.4) is 0 Å². The van der Waals surface area contributed by atoms with Crippen molar-refractivity contribution in [2.75, 3.05) is 6.26 Å². The minimum atomic E-state index is -2.16. The van der Waals surface area contributed by atoms with Crippen molar-refractivity contribution in [3.05, 3.63) is 0 Å². The van der Waals surface area contributed by atoms with E-state index in [4.69, 9.17) is 0 Å². The van der Waals surface area contributed by atoms with Gasteiger partial charge >= 0.3 is 0 Å². The largest absolute Gasteiger partial charge is 0.239 e. The van der Waals surface area contributed by atoms with Gasteiger partial charge in [0.2, 0.25) is 6.43 Å². The molecule has 0 spiro atoms. The van der Waals surface area contributed by atoms with Crippen LogP contribution in [0.2, 0.25) is 0 Å². The van der Waals surface area contributed by atoms with Crippen molar-refractivity contribution in [1.29, 1.82) is 0 Å². The maximum absolute atomic E-state index is 12.8. The van der Waals surface area contributed by atoms with Gasteiger partial charge in [-0.3, -0.25) is 0 Å². The summed E-state index contributed by atoms with van der Waals surface area (Å²) >= 11 is 0. The first-order valence-corrected chi connectivity index (χ1v) is 11.2. The Hall–Kier alpha value is 0.560. The molecule has 21 heavy (non-hydrogen) atoms. The van der Waals surface area contributed by atoms with Crippen molar-refractivity contribution in [3.63, 3.8) is 0 Å². The molecule has 128 valence electrons. The van der Waals surface area contributed by atoms with Crippen LogP contribution in [0.1, 0.15) is 84.5 Å². The summed E-state index contributed by atoms with van der Waals surface area (Å²) in [6, 6.07) is 0. The number of halogens is 2. The first-order chi connectivity index (χ1) is 10.2. The van der Waals surface area contributed by atoms with E-state index in [0.717, 1.165) is 12.8 Å². The van der Waals surface area contributed by atoms with Crippen molar-refractivity contribution in [1.82, 2.24) is 0 Å². The Bertz CT molecular complexity index is 201. The highest BCUT2D eigenvalue weighted by Crippen LogP contribution is 2.38. The van der Waals surface area contributed by atoms with Crippen molar-refractivity contribution in [3.8, 4) is 0 Å². The lowest BCUT2D eigenvalue weighted by Crippen LogP contribution is -2.20. The van der Waals surface area contributed by atoms with Gasteiger partial charge in [0.1, 0.15) is 0 Å². The van der Waals surface area contributed by atoms with Crippen molar-refractivity contribution in [2.45, 2.75) is 96.2 Å². The summed E-state index contributed by atoms with van der Waals surface area (Å²) in [7, 11) is 3.33. The van der Waals surface area contributed by atoms with E-state index in [1.165, 1.54) is 51.4 Å². The van der Waals surface area contributed by atoms with E-state index in [0.29, 0.717) is 5.92 Å². The van der Waals surface area contributed by atoms with Crippen molar-refractivity contribution < 1.29 is 8.78 Å². The van der Waals surface area contributed by atoms with E-state index in [1.54, 1.807) is 21.6 Å². The van der Waals surface area contributed by atoms with Gasteiger partial charge in [-0.05, 0) is 25.0 Å². The topological polar surface area (TPSA) is 0 Å². The first-order valence-electron chi connectivity index (χ1n) is 8.63. The molecule has 0 saturated heterocycles. The lowest BCUT2D eigenvalue weighted by Gasteiger charge is -2.26. The van der Waals surface area contributed by atoms with Crippen LogP contribution in [0.5, 0.6) is 0 Å². The third-order valence-electron chi connectivity index (χ3n) is 4.01. The van der Waals surface area contributed by atoms with E-state index in [-0.39, 0.29) is 11.7 Å². The molecule has 0 heterocycles. The minimum Gasteiger partial charge on any atom is -0.210 e. The molecular formula is C17H34F2S2. The molecule has 0 aromatic carbocycles. The Morgan fingerprint density at radius 3 is 1.71 bits per heavy atom. The predicted octanol–water partition coefficient (Wildman–Crippen LogP) is 7.58. The van der Waals surface area contributed by atoms with Crippen LogP contribution in [0.25, 0.3) is 0 Å². The first kappa shape index (κ1) is 21.6. The standard InChI is InChI=1S/C17H34F2S2/c1-4-6-8-10-12-15(13-11-9-7-5-2)16(21-20-3)14-17(18)19/h15-17H,4-14H2,1-3H3/t16-/m1/s1. The van der Waals surface area contributed by atoms with Crippen LogP contribution in [0.4, 0.5) is 8.78 Å². The highest BCUT2D eigenvalue weighted by molar-refractivity contribution is 8.76. The number of alkyl halides is 2. The van der Waals surface area contributed by atoms with Gasteiger partial charge < -0.3 is 0 Å². The molecule has 0 fully saturated rings. The normalized spacial score (nSPS) is 13.3. The zero-order chi connectivity index (χ0) is 15.9. The quantitative estimate of drug-likeness (QED) is 0.222. The summed E-state index contributed by atoms with van der Waals surface area (Å²) in [6.45, 7) is 4.43. The van der Waals surface area contributed by atoms with E-state index in [9.17, 15) is 8.78 Å². The fraction of sp³-hybridized carbons (Fsp3) is 1.00. The van der Waals surface area contributed by atoms with E-state index >= 15 is 0 Å². The van der Waals surface area contributed by atoms with Crippen LogP contribution in [-0.2, 0) is 0 Å². The Morgan fingerprint density at radius 1 is 0.810 bits per heavy atom. The number of rotatable bonds is 15. The molecule has 0 aliphatic rings. The minimum absolute atomic E-state index is 0.0672. The van der Waals surface area contributed by atoms with Crippen LogP contribution in [0.15, 0.2) is 0 Å². The molecule has 0 nitrogen and oxygen atoms in total. The molecule has 1 atom stereocenters. The summed E-state index contributed by atoms with van der Waals surface area (Å²) in [5, 5.41) is 0.128. The van der Waals surface area contributed by atoms with Crippen LogP contribution < -0.4 is 0 Å². The Morgan fingerprint density at radius 2 is 1.33 bits per heavy atom. The molecule has 0 bridgehead atoms. The Balaban J connectivity index is 4.33. The zero-order valence-corrected chi connectivity index (χ0v) is 15.7. The molecule has 0 saturated carbocycles. The van der Waals surface area contributed by atoms with Gasteiger partial charge in [0.15, 0.2) is 0 Å². The summed E-state index contributed by atoms with van der Waals surface area (Å²) in [5.74, 6) is 0.477. The Kier molecular flexibility index (Phi) is 15.9. The van der Waals surface area contributed by atoms with E-state index in [2.05, 4.69) is 13.8 Å². The van der Waals surface area contributed by atoms with Crippen molar-refractivity contribution >= 4 is 21.6 Å². The van der Waals surface area contributed by atoms with Gasteiger partial charge in [-0.15, -0.1) is 0 Å². The molecule has 0 rings (SSSR count). The second kappa shape index (κ2) is 15.5. The fourth-order valence-electron chi connectivity index (χ4n) is 2.79. The summed E-state index contributed by atoms with van der Waals surface area (Å²) in [6.07, 6.45) is 12.1. The summed E-state index contributed by atoms with van der Waals surface area (Å²) in [4.78, 5) is 0. The molecule has 0 unspecified atom stereocenters. The second-order valence-corrected chi connectivity index (χ2v) is 8.60. The third-order valence-corrected chi connectivity index (χ3v) is 6.35. The maximum Gasteiger partial charge on any atom is 0.239 e. The van der Waals surface area contributed by atoms with Crippen LogP contribution in [-0.4, -0.2) is 17.9 Å². The smallest absolute Gasteiger partial charge is 0.210 e. The Labute approximate surface area is 139 Å². The number of hydrogen-bond donors (Lipinski definition) is 0.